The van der Waals surface area contributed by atoms with E-state index in [4.69, 9.17) is 10.5 Å². The average Bonchev–Trinajstić information content (AvgIpc) is 2.43. The first-order valence-corrected chi connectivity index (χ1v) is 7.74. The van der Waals surface area contributed by atoms with Crippen LogP contribution < -0.4 is 5.73 Å². The maximum Gasteiger partial charge on any atom is 0.0634 e. The van der Waals surface area contributed by atoms with Crippen molar-refractivity contribution in [1.29, 1.82) is 0 Å². The standard InChI is InChI=1S/C15H33N3O/c1-5-14(6-8-16)18-12-10-17(11-13-18)9-7-15(2,3)19-4/h14H,5-13,16H2,1-4H3. The van der Waals surface area contributed by atoms with Gasteiger partial charge >= 0.3 is 0 Å². The quantitative estimate of drug-likeness (QED) is 0.727. The zero-order valence-electron chi connectivity index (χ0n) is 13.3. The summed E-state index contributed by atoms with van der Waals surface area (Å²) in [7, 11) is 1.80. The molecule has 0 radical (unpaired) electrons. The number of piperazine rings is 1. The highest BCUT2D eigenvalue weighted by molar-refractivity contribution is 4.79. The Labute approximate surface area is 119 Å². The molecule has 1 aliphatic heterocycles. The first-order valence-electron chi connectivity index (χ1n) is 7.74. The van der Waals surface area contributed by atoms with Crippen LogP contribution in [0.5, 0.6) is 0 Å². The van der Waals surface area contributed by atoms with Crippen LogP contribution in [0.15, 0.2) is 0 Å². The van der Waals surface area contributed by atoms with Crippen molar-refractivity contribution < 1.29 is 4.74 Å². The van der Waals surface area contributed by atoms with Crippen LogP contribution in [-0.2, 0) is 4.74 Å². The summed E-state index contributed by atoms with van der Waals surface area (Å²) in [6.45, 7) is 13.3. The highest BCUT2D eigenvalue weighted by atomic mass is 16.5. The molecule has 19 heavy (non-hydrogen) atoms. The van der Waals surface area contributed by atoms with E-state index in [1.165, 1.54) is 32.6 Å². The lowest BCUT2D eigenvalue weighted by molar-refractivity contribution is 0.00124. The molecule has 2 N–H and O–H groups in total. The molecule has 0 saturated carbocycles. The minimum absolute atomic E-state index is 0.00262. The molecule has 1 rings (SSSR count). The van der Waals surface area contributed by atoms with E-state index in [0.717, 1.165) is 25.9 Å². The second-order valence-electron chi connectivity index (χ2n) is 6.23. The molecule has 1 fully saturated rings. The number of nitrogens with zero attached hydrogens (tertiary/aromatic N) is 2. The largest absolute Gasteiger partial charge is 0.379 e. The lowest BCUT2D eigenvalue weighted by atomic mass is 10.0. The maximum absolute atomic E-state index is 5.70. The second-order valence-corrected chi connectivity index (χ2v) is 6.23. The molecule has 4 nitrogen and oxygen atoms in total. The Morgan fingerprint density at radius 1 is 1.21 bits per heavy atom. The summed E-state index contributed by atoms with van der Waals surface area (Å²) in [6, 6.07) is 0.683. The minimum atomic E-state index is 0.00262. The third-order valence-electron chi connectivity index (χ3n) is 4.48. The predicted octanol–water partition coefficient (Wildman–Crippen LogP) is 1.55. The Balaban J connectivity index is 2.28. The predicted molar refractivity (Wildman–Crippen MR) is 81.5 cm³/mol. The van der Waals surface area contributed by atoms with Gasteiger partial charge in [0.2, 0.25) is 0 Å². The third kappa shape index (κ3) is 5.78. The van der Waals surface area contributed by atoms with Crippen molar-refractivity contribution in [2.45, 2.75) is 51.7 Å². The van der Waals surface area contributed by atoms with Crippen LogP contribution in [-0.4, -0.2) is 67.8 Å². The van der Waals surface area contributed by atoms with Gasteiger partial charge in [-0.05, 0) is 39.7 Å². The highest BCUT2D eigenvalue weighted by Gasteiger charge is 2.24. The number of hydrogen-bond donors (Lipinski definition) is 1. The molecule has 1 saturated heterocycles. The second kappa shape index (κ2) is 8.20. The minimum Gasteiger partial charge on any atom is -0.379 e. The van der Waals surface area contributed by atoms with Crippen molar-refractivity contribution in [2.75, 3.05) is 46.4 Å². The van der Waals surface area contributed by atoms with E-state index in [1.54, 1.807) is 7.11 Å². The summed E-state index contributed by atoms with van der Waals surface area (Å²) in [4.78, 5) is 5.18. The van der Waals surface area contributed by atoms with Crippen molar-refractivity contribution in [3.05, 3.63) is 0 Å². The lowest BCUT2D eigenvalue weighted by Gasteiger charge is -2.40. The van der Waals surface area contributed by atoms with Crippen LogP contribution >= 0.6 is 0 Å². The fraction of sp³-hybridized carbons (Fsp3) is 1.00. The average molecular weight is 271 g/mol. The fourth-order valence-corrected chi connectivity index (χ4v) is 2.72. The molecule has 1 aliphatic rings. The number of ether oxygens (including phenoxy) is 1. The van der Waals surface area contributed by atoms with Gasteiger partial charge in [-0.15, -0.1) is 0 Å². The molecule has 1 unspecified atom stereocenters. The van der Waals surface area contributed by atoms with E-state index in [2.05, 4.69) is 30.6 Å². The SMILES string of the molecule is CCC(CCN)N1CCN(CCC(C)(C)OC)CC1. The number of nitrogens with two attached hydrogens (primary N) is 1. The normalized spacial score (nSPS) is 20.7. The summed E-state index contributed by atoms with van der Waals surface area (Å²) in [5, 5.41) is 0. The molecule has 0 bridgehead atoms. The molecule has 0 amide bonds. The molecule has 0 spiro atoms. The monoisotopic (exact) mass is 271 g/mol. The zero-order chi connectivity index (χ0) is 14.3. The summed E-state index contributed by atoms with van der Waals surface area (Å²) in [5.74, 6) is 0. The van der Waals surface area contributed by atoms with Gasteiger partial charge in [-0.3, -0.25) is 4.90 Å². The van der Waals surface area contributed by atoms with Gasteiger partial charge in [0.1, 0.15) is 0 Å². The fourth-order valence-electron chi connectivity index (χ4n) is 2.72. The molecule has 1 heterocycles. The van der Waals surface area contributed by atoms with Gasteiger partial charge in [0, 0.05) is 45.9 Å². The van der Waals surface area contributed by atoms with Crippen LogP contribution in [0.4, 0.5) is 0 Å². The van der Waals surface area contributed by atoms with Crippen molar-refractivity contribution in [2.24, 2.45) is 5.73 Å². The van der Waals surface area contributed by atoms with Gasteiger partial charge in [0.15, 0.2) is 0 Å². The first-order chi connectivity index (χ1) is 9.02. The third-order valence-corrected chi connectivity index (χ3v) is 4.48. The lowest BCUT2D eigenvalue weighted by Crippen LogP contribution is -2.51. The van der Waals surface area contributed by atoms with E-state index in [1.807, 2.05) is 0 Å². The van der Waals surface area contributed by atoms with E-state index < -0.39 is 0 Å². The Morgan fingerprint density at radius 3 is 2.32 bits per heavy atom. The van der Waals surface area contributed by atoms with Crippen LogP contribution in [0.1, 0.15) is 40.0 Å². The molecular formula is C15H33N3O. The Hall–Kier alpha value is -0.160. The van der Waals surface area contributed by atoms with Crippen molar-refractivity contribution in [1.82, 2.24) is 9.80 Å². The summed E-state index contributed by atoms with van der Waals surface area (Å²) >= 11 is 0. The van der Waals surface area contributed by atoms with Crippen LogP contribution in [0.3, 0.4) is 0 Å². The Morgan fingerprint density at radius 2 is 1.84 bits per heavy atom. The van der Waals surface area contributed by atoms with Gasteiger partial charge in [-0.25, -0.2) is 0 Å². The molecule has 0 aromatic carbocycles. The first kappa shape index (κ1) is 16.9. The van der Waals surface area contributed by atoms with E-state index >= 15 is 0 Å². The van der Waals surface area contributed by atoms with Gasteiger partial charge in [-0.2, -0.15) is 0 Å². The van der Waals surface area contributed by atoms with E-state index in [-0.39, 0.29) is 5.60 Å². The van der Waals surface area contributed by atoms with Crippen molar-refractivity contribution in [3.8, 4) is 0 Å². The summed E-state index contributed by atoms with van der Waals surface area (Å²) < 4.78 is 5.49. The van der Waals surface area contributed by atoms with Gasteiger partial charge in [-0.1, -0.05) is 6.92 Å². The van der Waals surface area contributed by atoms with Crippen LogP contribution in [0.2, 0.25) is 0 Å². The van der Waals surface area contributed by atoms with Gasteiger partial charge in [0.25, 0.3) is 0 Å². The number of methoxy groups -OCH3 is 1. The molecule has 114 valence electrons. The summed E-state index contributed by atoms with van der Waals surface area (Å²) in [5.41, 5.74) is 5.70. The van der Waals surface area contributed by atoms with E-state index in [0.29, 0.717) is 6.04 Å². The highest BCUT2D eigenvalue weighted by Crippen LogP contribution is 2.16. The molecule has 1 atom stereocenters. The van der Waals surface area contributed by atoms with E-state index in [9.17, 15) is 0 Å². The Bertz CT molecular complexity index is 238. The molecule has 0 aromatic rings. The molecule has 0 aliphatic carbocycles. The Kier molecular flexibility index (Phi) is 7.29. The number of rotatable bonds is 8. The topological polar surface area (TPSA) is 41.7 Å². The zero-order valence-corrected chi connectivity index (χ0v) is 13.3. The van der Waals surface area contributed by atoms with Gasteiger partial charge < -0.3 is 15.4 Å². The van der Waals surface area contributed by atoms with Crippen LogP contribution in [0.25, 0.3) is 0 Å². The summed E-state index contributed by atoms with van der Waals surface area (Å²) in [6.07, 6.45) is 3.45. The van der Waals surface area contributed by atoms with Crippen molar-refractivity contribution in [3.63, 3.8) is 0 Å². The molecule has 0 aromatic heterocycles. The van der Waals surface area contributed by atoms with Gasteiger partial charge in [0.05, 0.1) is 5.60 Å². The smallest absolute Gasteiger partial charge is 0.0634 e. The molecule has 4 heteroatoms. The molecular weight excluding hydrogens is 238 g/mol. The maximum atomic E-state index is 5.70. The van der Waals surface area contributed by atoms with Crippen molar-refractivity contribution >= 4 is 0 Å². The van der Waals surface area contributed by atoms with Crippen LogP contribution in [0, 0.1) is 0 Å². The number of hydrogen-bond acceptors (Lipinski definition) is 4.